The highest BCUT2D eigenvalue weighted by Gasteiger charge is 2.31. The number of alkyl halides is 3. The van der Waals surface area contributed by atoms with E-state index in [9.17, 15) is 18.0 Å². The van der Waals surface area contributed by atoms with Crippen LogP contribution in [0, 0.1) is 0 Å². The molecule has 0 bridgehead atoms. The normalized spacial score (nSPS) is 11.3. The number of aryl methyl sites for hydroxylation is 1. The first-order valence-electron chi connectivity index (χ1n) is 12.3. The highest BCUT2D eigenvalue weighted by Crippen LogP contribution is 2.39. The van der Waals surface area contributed by atoms with Crippen LogP contribution in [0.5, 0.6) is 28.7 Å². The maximum atomic E-state index is 13.6. The van der Waals surface area contributed by atoms with Crippen LogP contribution in [0.15, 0.2) is 79.0 Å². The van der Waals surface area contributed by atoms with Crippen LogP contribution in [0.1, 0.15) is 16.1 Å². The third-order valence-corrected chi connectivity index (χ3v) is 6.12. The van der Waals surface area contributed by atoms with Crippen molar-refractivity contribution in [1.82, 2.24) is 19.9 Å². The molecule has 12 heteroatoms. The molecular formula is C29H24F3N5O4. The van der Waals surface area contributed by atoms with E-state index < -0.39 is 11.7 Å². The SMILES string of the molecule is CNC(=O)c1cc(Oc2ccc3c(c2)nc(Nc2cc(C(F)(F)F)ccc2Oc2ccc(OC)cc2)n3C)ccn1. The molecule has 2 heterocycles. The standard InChI is InChI=1S/C29H24F3N5O4/c1-33-27(38)24-16-21(12-13-34-24)40-20-9-10-25-22(15-20)35-28(37(25)2)36-23-14-17(29(30,31)32)4-11-26(23)41-19-7-5-18(39-3)6-8-19/h4-16H,1-3H3,(H,33,38)(H,35,36). The lowest BCUT2D eigenvalue weighted by Crippen LogP contribution is -2.18. The fraction of sp³-hybridized carbons (Fsp3) is 0.138. The minimum Gasteiger partial charge on any atom is -0.497 e. The van der Waals surface area contributed by atoms with Crippen molar-refractivity contribution in [1.29, 1.82) is 0 Å². The smallest absolute Gasteiger partial charge is 0.416 e. The Balaban J connectivity index is 1.45. The number of imidazole rings is 1. The quantitative estimate of drug-likeness (QED) is 0.217. The summed E-state index contributed by atoms with van der Waals surface area (Å²) in [5.41, 5.74) is 0.654. The molecule has 2 N–H and O–H groups in total. The molecule has 0 aliphatic rings. The zero-order chi connectivity index (χ0) is 29.1. The minimum atomic E-state index is -4.56. The number of carbonyl (C=O) groups is 1. The molecular weight excluding hydrogens is 539 g/mol. The van der Waals surface area contributed by atoms with Crippen LogP contribution in [-0.4, -0.2) is 34.6 Å². The molecule has 5 rings (SSSR count). The van der Waals surface area contributed by atoms with Crippen LogP contribution in [0.4, 0.5) is 24.8 Å². The van der Waals surface area contributed by atoms with E-state index in [0.717, 1.165) is 12.1 Å². The molecule has 0 radical (unpaired) electrons. The van der Waals surface area contributed by atoms with Crippen LogP contribution in [-0.2, 0) is 13.2 Å². The van der Waals surface area contributed by atoms with E-state index in [1.54, 1.807) is 60.1 Å². The first-order chi connectivity index (χ1) is 19.6. The average Bonchev–Trinajstić information content (AvgIpc) is 3.27. The first-order valence-corrected chi connectivity index (χ1v) is 12.3. The van der Waals surface area contributed by atoms with E-state index in [4.69, 9.17) is 14.2 Å². The highest BCUT2D eigenvalue weighted by atomic mass is 19.4. The van der Waals surface area contributed by atoms with Gasteiger partial charge in [-0.15, -0.1) is 0 Å². The average molecular weight is 564 g/mol. The third kappa shape index (κ3) is 6.01. The number of carbonyl (C=O) groups excluding carboxylic acids is 1. The van der Waals surface area contributed by atoms with Gasteiger partial charge in [-0.25, -0.2) is 4.98 Å². The molecule has 3 aromatic carbocycles. The fourth-order valence-electron chi connectivity index (χ4n) is 4.00. The number of anilines is 2. The summed E-state index contributed by atoms with van der Waals surface area (Å²) < 4.78 is 59.3. The molecule has 1 amide bonds. The Kier molecular flexibility index (Phi) is 7.38. The molecule has 0 saturated heterocycles. The maximum absolute atomic E-state index is 13.6. The number of nitrogens with one attached hydrogen (secondary N) is 2. The number of amides is 1. The monoisotopic (exact) mass is 563 g/mol. The van der Waals surface area contributed by atoms with Crippen LogP contribution >= 0.6 is 0 Å². The molecule has 9 nitrogen and oxygen atoms in total. The zero-order valence-corrected chi connectivity index (χ0v) is 22.1. The number of pyridine rings is 1. The van der Waals surface area contributed by atoms with Crippen LogP contribution in [0.3, 0.4) is 0 Å². The predicted octanol–water partition coefficient (Wildman–Crippen LogP) is 6.68. The Hall–Kier alpha value is -5.26. The topological polar surface area (TPSA) is 99.5 Å². The van der Waals surface area contributed by atoms with Crippen LogP contribution < -0.4 is 24.8 Å². The van der Waals surface area contributed by atoms with Gasteiger partial charge in [-0.3, -0.25) is 9.78 Å². The van der Waals surface area contributed by atoms with Gasteiger partial charge in [0.1, 0.15) is 28.7 Å². The minimum absolute atomic E-state index is 0.0732. The third-order valence-electron chi connectivity index (χ3n) is 6.12. The Labute approximate surface area is 232 Å². The molecule has 0 saturated carbocycles. The number of halogens is 3. The number of rotatable bonds is 8. The van der Waals surface area contributed by atoms with E-state index in [1.807, 2.05) is 0 Å². The number of hydrogen-bond acceptors (Lipinski definition) is 7. The number of hydrogen-bond donors (Lipinski definition) is 2. The number of ether oxygens (including phenoxy) is 3. The molecule has 0 spiro atoms. The van der Waals surface area contributed by atoms with Crippen LogP contribution in [0.25, 0.3) is 11.0 Å². The van der Waals surface area contributed by atoms with Crippen molar-refractivity contribution in [3.05, 3.63) is 90.3 Å². The molecule has 0 unspecified atom stereocenters. The summed E-state index contributed by atoms with van der Waals surface area (Å²) in [5.74, 6) is 1.97. The van der Waals surface area contributed by atoms with Gasteiger partial charge in [0.25, 0.3) is 5.91 Å². The fourth-order valence-corrected chi connectivity index (χ4v) is 4.00. The van der Waals surface area contributed by atoms with Crippen LogP contribution in [0.2, 0.25) is 0 Å². The molecule has 0 fully saturated rings. The van der Waals surface area contributed by atoms with Gasteiger partial charge in [-0.1, -0.05) is 0 Å². The number of benzene rings is 3. The Morgan fingerprint density at radius 1 is 0.878 bits per heavy atom. The summed E-state index contributed by atoms with van der Waals surface area (Å²) in [7, 11) is 4.77. The van der Waals surface area contributed by atoms with Crippen molar-refractivity contribution in [3.63, 3.8) is 0 Å². The molecule has 5 aromatic rings. The van der Waals surface area contributed by atoms with Crippen molar-refractivity contribution in [3.8, 4) is 28.7 Å². The summed E-state index contributed by atoms with van der Waals surface area (Å²) >= 11 is 0. The molecule has 0 atom stereocenters. The van der Waals surface area contributed by atoms with Gasteiger partial charge in [-0.05, 0) is 60.7 Å². The molecule has 41 heavy (non-hydrogen) atoms. The molecule has 210 valence electrons. The van der Waals surface area contributed by atoms with E-state index in [-0.39, 0.29) is 29.0 Å². The van der Waals surface area contributed by atoms with Crippen molar-refractivity contribution in [2.75, 3.05) is 19.5 Å². The summed E-state index contributed by atoms with van der Waals surface area (Å²) in [4.78, 5) is 20.5. The van der Waals surface area contributed by atoms with Crippen molar-refractivity contribution in [2.24, 2.45) is 7.05 Å². The Bertz CT molecular complexity index is 1720. The Morgan fingerprint density at radius 3 is 2.29 bits per heavy atom. The van der Waals surface area contributed by atoms with E-state index >= 15 is 0 Å². The molecule has 0 aliphatic heterocycles. The van der Waals surface area contributed by atoms with Gasteiger partial charge in [-0.2, -0.15) is 13.2 Å². The number of methoxy groups -OCH3 is 1. The second-order valence-electron chi connectivity index (χ2n) is 8.81. The van der Waals surface area contributed by atoms with Gasteiger partial charge < -0.3 is 29.4 Å². The van der Waals surface area contributed by atoms with E-state index in [1.165, 1.54) is 32.5 Å². The van der Waals surface area contributed by atoms with E-state index in [0.29, 0.717) is 34.0 Å². The zero-order valence-electron chi connectivity index (χ0n) is 22.1. The van der Waals surface area contributed by atoms with Gasteiger partial charge in [0.05, 0.1) is 29.4 Å². The first kappa shape index (κ1) is 27.3. The number of nitrogens with zero attached hydrogens (tertiary/aromatic N) is 3. The molecule has 2 aromatic heterocycles. The summed E-state index contributed by atoms with van der Waals surface area (Å²) in [6.07, 6.45) is -3.10. The van der Waals surface area contributed by atoms with Crippen molar-refractivity contribution >= 4 is 28.6 Å². The number of aromatic nitrogens is 3. The van der Waals surface area contributed by atoms with Gasteiger partial charge in [0.2, 0.25) is 5.95 Å². The predicted molar refractivity (Wildman–Crippen MR) is 146 cm³/mol. The van der Waals surface area contributed by atoms with Gasteiger partial charge in [0, 0.05) is 32.4 Å². The lowest BCUT2D eigenvalue weighted by Gasteiger charge is -2.16. The van der Waals surface area contributed by atoms with Crippen molar-refractivity contribution in [2.45, 2.75) is 6.18 Å². The Morgan fingerprint density at radius 2 is 1.59 bits per heavy atom. The summed E-state index contributed by atoms with van der Waals surface area (Å²) in [6, 6.07) is 18.1. The second kappa shape index (κ2) is 11.1. The summed E-state index contributed by atoms with van der Waals surface area (Å²) in [5, 5.41) is 5.50. The van der Waals surface area contributed by atoms with Gasteiger partial charge >= 0.3 is 6.18 Å². The van der Waals surface area contributed by atoms with E-state index in [2.05, 4.69) is 20.6 Å². The number of fused-ring (bicyclic) bond motifs is 1. The maximum Gasteiger partial charge on any atom is 0.416 e. The summed E-state index contributed by atoms with van der Waals surface area (Å²) in [6.45, 7) is 0. The van der Waals surface area contributed by atoms with Crippen molar-refractivity contribution < 1.29 is 32.2 Å². The molecule has 0 aliphatic carbocycles. The largest absolute Gasteiger partial charge is 0.497 e. The highest BCUT2D eigenvalue weighted by molar-refractivity contribution is 5.92. The van der Waals surface area contributed by atoms with Gasteiger partial charge in [0.15, 0.2) is 5.75 Å². The lowest BCUT2D eigenvalue weighted by molar-refractivity contribution is -0.137. The lowest BCUT2D eigenvalue weighted by atomic mass is 10.1. The second-order valence-corrected chi connectivity index (χ2v) is 8.81.